The minimum atomic E-state index is -0.411. The molecular weight excluding hydrogens is 326 g/mol. The maximum Gasteiger partial charge on any atom is 0.270 e. The fourth-order valence-corrected chi connectivity index (χ4v) is 2.94. The minimum absolute atomic E-state index is 0.0732. The summed E-state index contributed by atoms with van der Waals surface area (Å²) in [6.07, 6.45) is 4.16. The van der Waals surface area contributed by atoms with Crippen LogP contribution < -0.4 is 0 Å². The summed E-state index contributed by atoms with van der Waals surface area (Å²) in [5, 5.41) is 19.8. The first-order valence-electron chi connectivity index (χ1n) is 6.75. The Bertz CT molecular complexity index is 472. The number of aliphatic hydroxyl groups is 1. The van der Waals surface area contributed by atoms with E-state index in [1.807, 2.05) is 0 Å². The van der Waals surface area contributed by atoms with Gasteiger partial charge in [-0.2, -0.15) is 0 Å². The fourth-order valence-electron chi connectivity index (χ4n) is 2.46. The van der Waals surface area contributed by atoms with Crippen LogP contribution in [-0.2, 0) is 11.3 Å². The van der Waals surface area contributed by atoms with Gasteiger partial charge in [0.1, 0.15) is 0 Å². The molecule has 2 rings (SSSR count). The molecule has 20 heavy (non-hydrogen) atoms. The molecule has 1 aromatic rings. The van der Waals surface area contributed by atoms with Crippen molar-refractivity contribution in [3.05, 3.63) is 38.3 Å². The number of rotatable bonds is 5. The number of nitrogens with zero attached hydrogens (tertiary/aromatic N) is 1. The van der Waals surface area contributed by atoms with Gasteiger partial charge in [0.2, 0.25) is 0 Å². The second-order valence-corrected chi connectivity index (χ2v) is 6.02. The average Bonchev–Trinajstić information content (AvgIpc) is 2.46. The number of halogens is 1. The normalized spacial score (nSPS) is 22.7. The van der Waals surface area contributed by atoms with Crippen molar-refractivity contribution in [2.24, 2.45) is 5.92 Å². The lowest BCUT2D eigenvalue weighted by Crippen LogP contribution is -2.23. The van der Waals surface area contributed by atoms with Gasteiger partial charge in [-0.1, -0.05) is 15.9 Å². The van der Waals surface area contributed by atoms with Crippen molar-refractivity contribution >= 4 is 21.6 Å². The summed E-state index contributed by atoms with van der Waals surface area (Å²) in [7, 11) is 0. The zero-order chi connectivity index (χ0) is 14.5. The highest BCUT2D eigenvalue weighted by Gasteiger charge is 2.21. The Kier molecular flexibility index (Phi) is 5.51. The summed E-state index contributed by atoms with van der Waals surface area (Å²) in [6, 6.07) is 4.72. The number of ether oxygens (including phenoxy) is 1. The van der Waals surface area contributed by atoms with Crippen molar-refractivity contribution < 1.29 is 14.8 Å². The van der Waals surface area contributed by atoms with E-state index in [0.29, 0.717) is 17.0 Å². The number of nitro benzene ring substituents is 1. The lowest BCUT2D eigenvalue weighted by molar-refractivity contribution is -0.384. The van der Waals surface area contributed by atoms with Crippen molar-refractivity contribution in [3.8, 4) is 0 Å². The Hall–Kier alpha value is -0.980. The topological polar surface area (TPSA) is 72.6 Å². The largest absolute Gasteiger partial charge is 0.396 e. The predicted molar refractivity (Wildman–Crippen MR) is 78.4 cm³/mol. The summed E-state index contributed by atoms with van der Waals surface area (Å²) in [5.74, 6) is 0.418. The molecule has 5 nitrogen and oxygen atoms in total. The van der Waals surface area contributed by atoms with Crippen LogP contribution in [0.1, 0.15) is 31.2 Å². The maximum absolute atomic E-state index is 10.7. The SMILES string of the molecule is O=[N+]([O-])c1ccc(COC2CCC(CO)CC2)c(Br)c1. The standard InChI is InChI=1S/C14H18BrNO4/c15-14-7-12(16(18)19)4-3-11(14)9-20-13-5-1-10(8-17)2-6-13/h3-4,7,10,13,17H,1-2,5-6,8-9H2. The molecule has 6 heteroatoms. The number of non-ortho nitro benzene ring substituents is 1. The Labute approximate surface area is 126 Å². The Morgan fingerprint density at radius 1 is 1.35 bits per heavy atom. The molecule has 110 valence electrons. The monoisotopic (exact) mass is 343 g/mol. The molecule has 1 N–H and O–H groups in total. The van der Waals surface area contributed by atoms with Crippen LogP contribution >= 0.6 is 15.9 Å². The molecule has 0 aliphatic heterocycles. The molecule has 0 heterocycles. The first kappa shape index (κ1) is 15.4. The van der Waals surface area contributed by atoms with Crippen molar-refractivity contribution in [1.29, 1.82) is 0 Å². The van der Waals surface area contributed by atoms with E-state index < -0.39 is 4.92 Å². The Balaban J connectivity index is 1.87. The molecule has 0 unspecified atom stereocenters. The smallest absolute Gasteiger partial charge is 0.270 e. The zero-order valence-corrected chi connectivity index (χ0v) is 12.7. The quantitative estimate of drug-likeness (QED) is 0.656. The molecule has 0 atom stereocenters. The number of benzene rings is 1. The van der Waals surface area contributed by atoms with E-state index >= 15 is 0 Å². The van der Waals surface area contributed by atoms with Gasteiger partial charge in [-0.25, -0.2) is 0 Å². The average molecular weight is 344 g/mol. The highest BCUT2D eigenvalue weighted by atomic mass is 79.9. The first-order valence-corrected chi connectivity index (χ1v) is 7.54. The third kappa shape index (κ3) is 4.01. The van der Waals surface area contributed by atoms with E-state index in [0.717, 1.165) is 31.2 Å². The molecule has 1 aliphatic rings. The molecule has 1 fully saturated rings. The van der Waals surface area contributed by atoms with E-state index in [1.165, 1.54) is 12.1 Å². The second-order valence-electron chi connectivity index (χ2n) is 5.17. The van der Waals surface area contributed by atoms with E-state index in [4.69, 9.17) is 9.84 Å². The van der Waals surface area contributed by atoms with Crippen LogP contribution in [0.5, 0.6) is 0 Å². The van der Waals surface area contributed by atoms with Crippen molar-refractivity contribution in [3.63, 3.8) is 0 Å². The number of aliphatic hydroxyl groups excluding tert-OH is 1. The third-order valence-corrected chi connectivity index (χ3v) is 4.51. The zero-order valence-electron chi connectivity index (χ0n) is 11.1. The lowest BCUT2D eigenvalue weighted by atomic mass is 9.88. The molecule has 1 saturated carbocycles. The Morgan fingerprint density at radius 3 is 2.60 bits per heavy atom. The van der Waals surface area contributed by atoms with Crippen LogP contribution in [0.3, 0.4) is 0 Å². The summed E-state index contributed by atoms with van der Waals surface area (Å²) in [5.41, 5.74) is 0.990. The van der Waals surface area contributed by atoms with Crippen LogP contribution in [0, 0.1) is 16.0 Å². The molecule has 0 aromatic heterocycles. The van der Waals surface area contributed by atoms with Crippen molar-refractivity contribution in [2.45, 2.75) is 38.4 Å². The number of nitro groups is 1. The fraction of sp³-hybridized carbons (Fsp3) is 0.571. The van der Waals surface area contributed by atoms with Gasteiger partial charge in [-0.15, -0.1) is 0 Å². The molecule has 0 radical (unpaired) electrons. The minimum Gasteiger partial charge on any atom is -0.396 e. The molecule has 0 bridgehead atoms. The molecule has 1 aromatic carbocycles. The van der Waals surface area contributed by atoms with Crippen LogP contribution in [0.25, 0.3) is 0 Å². The predicted octanol–water partition coefficient (Wildman–Crippen LogP) is 3.43. The van der Waals surface area contributed by atoms with Gasteiger partial charge in [0.25, 0.3) is 5.69 Å². The summed E-state index contributed by atoms with van der Waals surface area (Å²) in [4.78, 5) is 10.3. The van der Waals surface area contributed by atoms with Crippen LogP contribution in [-0.4, -0.2) is 22.7 Å². The van der Waals surface area contributed by atoms with Crippen LogP contribution in [0.2, 0.25) is 0 Å². The van der Waals surface area contributed by atoms with Gasteiger partial charge in [-0.3, -0.25) is 10.1 Å². The molecule has 0 spiro atoms. The highest BCUT2D eigenvalue weighted by molar-refractivity contribution is 9.10. The van der Waals surface area contributed by atoms with Gasteiger partial charge in [-0.05, 0) is 43.2 Å². The van der Waals surface area contributed by atoms with E-state index in [1.54, 1.807) is 6.07 Å². The van der Waals surface area contributed by atoms with Crippen molar-refractivity contribution in [2.75, 3.05) is 6.61 Å². The summed E-state index contributed by atoms with van der Waals surface area (Å²) in [6.45, 7) is 0.716. The second kappa shape index (κ2) is 7.15. The first-order chi connectivity index (χ1) is 9.60. The Morgan fingerprint density at radius 2 is 2.05 bits per heavy atom. The van der Waals surface area contributed by atoms with E-state index in [2.05, 4.69) is 15.9 Å². The van der Waals surface area contributed by atoms with Gasteiger partial charge in [0, 0.05) is 23.2 Å². The van der Waals surface area contributed by atoms with Crippen molar-refractivity contribution in [1.82, 2.24) is 0 Å². The molecule has 1 aliphatic carbocycles. The van der Waals surface area contributed by atoms with E-state index in [-0.39, 0.29) is 18.4 Å². The third-order valence-electron chi connectivity index (χ3n) is 3.77. The van der Waals surface area contributed by atoms with Gasteiger partial charge in [0.15, 0.2) is 0 Å². The summed E-state index contributed by atoms with van der Waals surface area (Å²) < 4.78 is 6.57. The van der Waals surface area contributed by atoms with Crippen LogP contribution in [0.4, 0.5) is 5.69 Å². The lowest BCUT2D eigenvalue weighted by Gasteiger charge is -2.27. The van der Waals surface area contributed by atoms with Gasteiger partial charge in [0.05, 0.1) is 17.6 Å². The van der Waals surface area contributed by atoms with Crippen LogP contribution in [0.15, 0.2) is 22.7 Å². The number of hydrogen-bond donors (Lipinski definition) is 1. The summed E-state index contributed by atoms with van der Waals surface area (Å²) >= 11 is 3.34. The molecular formula is C14H18BrNO4. The van der Waals surface area contributed by atoms with E-state index in [9.17, 15) is 10.1 Å². The molecule has 0 saturated heterocycles. The maximum atomic E-state index is 10.7. The van der Waals surface area contributed by atoms with Gasteiger partial charge >= 0.3 is 0 Å². The molecule has 0 amide bonds. The highest BCUT2D eigenvalue weighted by Crippen LogP contribution is 2.28. The van der Waals surface area contributed by atoms with Gasteiger partial charge < -0.3 is 9.84 Å². The number of hydrogen-bond acceptors (Lipinski definition) is 4.